The van der Waals surface area contributed by atoms with Gasteiger partial charge in [-0.1, -0.05) is 11.2 Å². The smallest absolute Gasteiger partial charge is 0.375 e. The molecule has 6 rings (SSSR count). The van der Waals surface area contributed by atoms with Crippen molar-refractivity contribution in [1.29, 1.82) is 0 Å². The number of carbonyl (C=O) groups is 5. The zero-order valence-electron chi connectivity index (χ0n) is 25.7. The predicted octanol–water partition coefficient (Wildman–Crippen LogP) is 0.658. The molecule has 5 heterocycles. The summed E-state index contributed by atoms with van der Waals surface area (Å²) in [5.41, 5.74) is 5.56. The number of phenolic OH excluding ortho intramolecular Hbond substituents is 2. The predicted molar refractivity (Wildman–Crippen MR) is 177 cm³/mol. The second kappa shape index (κ2) is 13.8. The molecule has 0 saturated carbocycles. The standard InChI is InChI=1S/C28H23N9O11S3/c1-9-4-15(37-28(30-9)33-20(34-37)26(46)47)49-6-11-7-50-23-17(22(41)36(23)18(11)24(42)43)32-21(40)16(12-8-51-27(29)31-12)35-48-19(25(44)45)10-2-3-13(38)14(39)5-10/h2-5,8,17,19,23,38-39H,6-7H2,1H3,(H2,29,31)(H,32,40)(H,42,43)(H,44,45)(H,46,47)/t17-,19+,23?/m1/s1. The van der Waals surface area contributed by atoms with Gasteiger partial charge >= 0.3 is 17.9 Å². The van der Waals surface area contributed by atoms with E-state index in [9.17, 15) is 49.5 Å². The fourth-order valence-electron chi connectivity index (χ4n) is 4.97. The van der Waals surface area contributed by atoms with Gasteiger partial charge in [0.15, 0.2) is 22.3 Å². The Kier molecular flexibility index (Phi) is 9.42. The highest BCUT2D eigenvalue weighted by molar-refractivity contribution is 8.01. The van der Waals surface area contributed by atoms with Crippen LogP contribution in [-0.2, 0) is 24.0 Å². The number of aryl methyl sites for hydroxylation is 1. The molecule has 2 aliphatic heterocycles. The number of β-lactam (4-membered cyclic amide) rings is 1. The number of phenols is 2. The number of hydrogen-bond donors (Lipinski definition) is 7. The first-order valence-corrected chi connectivity index (χ1v) is 17.2. The van der Waals surface area contributed by atoms with E-state index in [4.69, 9.17) is 10.6 Å². The summed E-state index contributed by atoms with van der Waals surface area (Å²) in [5, 5.41) is 59.7. The summed E-state index contributed by atoms with van der Waals surface area (Å²) in [7, 11) is 0. The number of hydrogen-bond acceptors (Lipinski definition) is 17. The summed E-state index contributed by atoms with van der Waals surface area (Å²) in [6.45, 7) is 1.67. The Morgan fingerprint density at radius 3 is 2.53 bits per heavy atom. The minimum Gasteiger partial charge on any atom is -0.504 e. The Labute approximate surface area is 296 Å². The van der Waals surface area contributed by atoms with Crippen molar-refractivity contribution in [2.45, 2.75) is 29.5 Å². The van der Waals surface area contributed by atoms with Crippen LogP contribution in [0.5, 0.6) is 11.5 Å². The molecule has 0 spiro atoms. The van der Waals surface area contributed by atoms with Crippen LogP contribution in [0.3, 0.4) is 0 Å². The summed E-state index contributed by atoms with van der Waals surface area (Å²) in [5.74, 6) is -7.37. The van der Waals surface area contributed by atoms with E-state index < -0.39 is 70.3 Å². The molecule has 3 atom stereocenters. The molecule has 8 N–H and O–H groups in total. The highest BCUT2D eigenvalue weighted by Crippen LogP contribution is 2.42. The Hall–Kier alpha value is -5.94. The van der Waals surface area contributed by atoms with E-state index in [1.165, 1.54) is 21.7 Å². The minimum absolute atomic E-state index is 0.0351. The average Bonchev–Trinajstić information content (AvgIpc) is 3.71. The molecule has 2 aliphatic rings. The molecular weight excluding hydrogens is 735 g/mol. The van der Waals surface area contributed by atoms with Crippen molar-refractivity contribution in [3.8, 4) is 11.5 Å². The third-order valence-electron chi connectivity index (χ3n) is 7.29. The van der Waals surface area contributed by atoms with Crippen LogP contribution in [0.4, 0.5) is 5.13 Å². The summed E-state index contributed by atoms with van der Waals surface area (Å²) in [6.07, 6.45) is -1.85. The van der Waals surface area contributed by atoms with Gasteiger partial charge in [0.25, 0.3) is 23.4 Å². The van der Waals surface area contributed by atoms with Gasteiger partial charge in [0.05, 0.1) is 0 Å². The van der Waals surface area contributed by atoms with Crippen molar-refractivity contribution in [2.24, 2.45) is 5.16 Å². The fourth-order valence-corrected chi connectivity index (χ4v) is 8.05. The van der Waals surface area contributed by atoms with Crippen molar-refractivity contribution in [3.05, 3.63) is 63.7 Å². The molecule has 3 aromatic heterocycles. The minimum atomic E-state index is -1.85. The lowest BCUT2D eigenvalue weighted by molar-refractivity contribution is -0.151. The summed E-state index contributed by atoms with van der Waals surface area (Å²) in [4.78, 5) is 81.1. The number of anilines is 1. The summed E-state index contributed by atoms with van der Waals surface area (Å²) >= 11 is 3.27. The van der Waals surface area contributed by atoms with Crippen molar-refractivity contribution >= 4 is 81.2 Å². The van der Waals surface area contributed by atoms with Gasteiger partial charge in [0, 0.05) is 28.1 Å². The summed E-state index contributed by atoms with van der Waals surface area (Å²) < 4.78 is 1.23. The molecule has 264 valence electrons. The molecule has 1 aromatic carbocycles. The molecule has 0 radical (unpaired) electrons. The monoisotopic (exact) mass is 757 g/mol. The third-order valence-corrected chi connectivity index (χ3v) is 10.4. The molecule has 20 nitrogen and oxygen atoms in total. The van der Waals surface area contributed by atoms with Gasteiger partial charge in [0.1, 0.15) is 27.8 Å². The van der Waals surface area contributed by atoms with Gasteiger partial charge in [0.2, 0.25) is 6.10 Å². The molecular formula is C28H23N9O11S3. The highest BCUT2D eigenvalue weighted by atomic mass is 32.2. The van der Waals surface area contributed by atoms with Gasteiger partial charge in [-0.2, -0.15) is 9.50 Å². The van der Waals surface area contributed by atoms with Crippen molar-refractivity contribution in [2.75, 3.05) is 17.2 Å². The number of nitrogens with one attached hydrogen (secondary N) is 1. The number of benzene rings is 1. The number of aromatic carboxylic acids is 1. The van der Waals surface area contributed by atoms with Crippen molar-refractivity contribution in [1.82, 2.24) is 34.8 Å². The van der Waals surface area contributed by atoms with Crippen LogP contribution in [0, 0.1) is 6.92 Å². The number of carboxylic acid groups (broad SMARTS) is 3. The molecule has 4 aromatic rings. The maximum Gasteiger partial charge on any atom is 0.375 e. The number of nitrogen functional groups attached to an aromatic ring is 1. The van der Waals surface area contributed by atoms with E-state index in [0.717, 1.165) is 46.2 Å². The van der Waals surface area contributed by atoms with Crippen LogP contribution in [0.25, 0.3) is 5.78 Å². The molecule has 2 amide bonds. The first kappa shape index (κ1) is 34.9. The maximum absolute atomic E-state index is 13.5. The molecule has 0 aliphatic carbocycles. The second-order valence-electron chi connectivity index (χ2n) is 10.7. The molecule has 1 fully saturated rings. The molecule has 1 unspecified atom stereocenters. The van der Waals surface area contributed by atoms with Crippen LogP contribution in [0.15, 0.2) is 51.1 Å². The molecule has 51 heavy (non-hydrogen) atoms. The maximum atomic E-state index is 13.5. The topological polar surface area (TPSA) is 305 Å². The first-order chi connectivity index (χ1) is 24.2. The number of fused-ring (bicyclic) bond motifs is 2. The number of thioether (sulfide) groups is 2. The number of rotatable bonds is 12. The number of aromatic hydroxyl groups is 2. The number of aromatic nitrogens is 5. The van der Waals surface area contributed by atoms with E-state index in [1.807, 2.05) is 0 Å². The average molecular weight is 758 g/mol. The number of oxime groups is 1. The zero-order chi connectivity index (χ0) is 36.7. The normalized spacial score (nSPS) is 17.9. The lowest BCUT2D eigenvalue weighted by atomic mass is 10.0. The highest BCUT2D eigenvalue weighted by Gasteiger charge is 2.54. The first-order valence-electron chi connectivity index (χ1n) is 14.2. The van der Waals surface area contributed by atoms with E-state index in [0.29, 0.717) is 16.3 Å². The zero-order valence-corrected chi connectivity index (χ0v) is 28.1. The van der Waals surface area contributed by atoms with E-state index in [-0.39, 0.29) is 39.4 Å². The van der Waals surface area contributed by atoms with Gasteiger partial charge < -0.3 is 41.4 Å². The van der Waals surface area contributed by atoms with Crippen molar-refractivity contribution < 1.29 is 54.3 Å². The number of nitrogens with two attached hydrogens (primary N) is 1. The number of thiazole rings is 1. The lowest BCUT2D eigenvalue weighted by Crippen LogP contribution is -2.71. The number of carboxylic acids is 3. The van der Waals surface area contributed by atoms with Gasteiger partial charge in [-0.15, -0.1) is 40.0 Å². The Morgan fingerprint density at radius 2 is 1.88 bits per heavy atom. The SMILES string of the molecule is Cc1cc(SCC2=C(C(=O)O)N3C(=O)[C@@H](NC(=O)C(=NO[C@H](C(=O)O)c4ccc(O)c(O)c4)c4csc(N)n4)C3SC2)n2nc(C(=O)O)nc2n1. The number of carbonyl (C=O) groups excluding carboxylic acids is 2. The van der Waals surface area contributed by atoms with E-state index in [2.05, 4.69) is 30.5 Å². The van der Waals surface area contributed by atoms with Gasteiger partial charge in [-0.25, -0.2) is 24.4 Å². The molecule has 23 heteroatoms. The Bertz CT molecular complexity index is 2200. The number of aliphatic carboxylic acids is 2. The van der Waals surface area contributed by atoms with Crippen LogP contribution >= 0.6 is 34.9 Å². The van der Waals surface area contributed by atoms with Crippen molar-refractivity contribution in [3.63, 3.8) is 0 Å². The summed E-state index contributed by atoms with van der Waals surface area (Å²) in [6, 6.07) is 3.55. The Morgan fingerprint density at radius 1 is 1.12 bits per heavy atom. The van der Waals surface area contributed by atoms with Gasteiger partial charge in [-0.3, -0.25) is 14.5 Å². The largest absolute Gasteiger partial charge is 0.504 e. The number of amides is 2. The molecule has 0 bridgehead atoms. The van der Waals surface area contributed by atoms with Crippen LogP contribution < -0.4 is 11.1 Å². The second-order valence-corrected chi connectivity index (χ2v) is 13.7. The van der Waals surface area contributed by atoms with E-state index in [1.54, 1.807) is 13.0 Å². The van der Waals surface area contributed by atoms with E-state index >= 15 is 0 Å². The Balaban J connectivity index is 1.21. The third kappa shape index (κ3) is 6.80. The van der Waals surface area contributed by atoms with Crippen LogP contribution in [0.2, 0.25) is 0 Å². The van der Waals surface area contributed by atoms with Crippen LogP contribution in [0.1, 0.15) is 33.7 Å². The van der Waals surface area contributed by atoms with Crippen LogP contribution in [-0.4, -0.2) is 113 Å². The number of nitrogens with zero attached hydrogens (tertiary/aromatic N) is 7. The molecule has 1 saturated heterocycles. The quantitative estimate of drug-likeness (QED) is 0.0261. The fraction of sp³-hybridized carbons (Fsp3) is 0.214. The van der Waals surface area contributed by atoms with Gasteiger partial charge in [-0.05, 0) is 30.7 Å². The lowest BCUT2D eigenvalue weighted by Gasteiger charge is -2.49.